The van der Waals surface area contributed by atoms with Crippen LogP contribution in [-0.4, -0.2) is 29.8 Å². The molecule has 0 saturated carbocycles. The van der Waals surface area contributed by atoms with E-state index in [2.05, 4.69) is 6.07 Å². The van der Waals surface area contributed by atoms with Crippen molar-refractivity contribution in [2.75, 3.05) is 19.0 Å². The minimum atomic E-state index is 0.210. The van der Waals surface area contributed by atoms with Crippen molar-refractivity contribution in [1.29, 1.82) is 0 Å². The molecule has 1 aromatic heterocycles. The highest BCUT2D eigenvalue weighted by atomic mass is 35.5. The molecule has 3 rings (SSSR count). The standard InChI is InChI=1S/C15H16ClNO2/c16-9-11-7-15(18)17(10-11)6-5-13-8-12-3-1-2-4-14(12)19-13/h1-4,8,11H,5-7,9-10H2. The van der Waals surface area contributed by atoms with Crippen molar-refractivity contribution in [2.45, 2.75) is 12.8 Å². The second kappa shape index (κ2) is 5.25. The normalized spacial score (nSPS) is 19.5. The highest BCUT2D eigenvalue weighted by Crippen LogP contribution is 2.22. The van der Waals surface area contributed by atoms with Crippen LogP contribution in [0.3, 0.4) is 0 Å². The Hall–Kier alpha value is -1.48. The number of rotatable bonds is 4. The molecular weight excluding hydrogens is 262 g/mol. The molecule has 1 aliphatic rings. The number of hydrogen-bond donors (Lipinski definition) is 0. The summed E-state index contributed by atoms with van der Waals surface area (Å²) in [6.45, 7) is 1.49. The lowest BCUT2D eigenvalue weighted by Crippen LogP contribution is -2.27. The lowest BCUT2D eigenvalue weighted by atomic mass is 10.1. The van der Waals surface area contributed by atoms with Gasteiger partial charge in [0, 0.05) is 37.2 Å². The summed E-state index contributed by atoms with van der Waals surface area (Å²) < 4.78 is 5.75. The van der Waals surface area contributed by atoms with Gasteiger partial charge in [-0.3, -0.25) is 4.79 Å². The van der Waals surface area contributed by atoms with Gasteiger partial charge in [0.05, 0.1) is 0 Å². The van der Waals surface area contributed by atoms with Gasteiger partial charge in [-0.2, -0.15) is 0 Å². The molecule has 100 valence electrons. The maximum absolute atomic E-state index is 11.8. The number of halogens is 1. The summed E-state index contributed by atoms with van der Waals surface area (Å²) in [5.74, 6) is 2.02. The van der Waals surface area contributed by atoms with Crippen molar-refractivity contribution < 1.29 is 9.21 Å². The van der Waals surface area contributed by atoms with E-state index in [0.717, 1.165) is 29.7 Å². The van der Waals surface area contributed by atoms with Gasteiger partial charge >= 0.3 is 0 Å². The number of nitrogens with zero attached hydrogens (tertiary/aromatic N) is 1. The number of hydrogen-bond acceptors (Lipinski definition) is 2. The highest BCUT2D eigenvalue weighted by Gasteiger charge is 2.28. The van der Waals surface area contributed by atoms with Crippen LogP contribution in [0, 0.1) is 5.92 Å². The second-order valence-corrected chi connectivity index (χ2v) is 5.37. The number of fused-ring (bicyclic) bond motifs is 1. The summed E-state index contributed by atoms with van der Waals surface area (Å²) in [5, 5.41) is 1.11. The third kappa shape index (κ3) is 2.61. The topological polar surface area (TPSA) is 33.5 Å². The molecule has 4 heteroatoms. The quantitative estimate of drug-likeness (QED) is 0.805. The summed E-state index contributed by atoms with van der Waals surface area (Å²) >= 11 is 5.81. The highest BCUT2D eigenvalue weighted by molar-refractivity contribution is 6.18. The zero-order valence-corrected chi connectivity index (χ0v) is 11.4. The molecule has 0 bridgehead atoms. The summed E-state index contributed by atoms with van der Waals surface area (Å²) in [5.41, 5.74) is 0.906. The molecule has 2 aromatic rings. The number of furan rings is 1. The van der Waals surface area contributed by atoms with E-state index >= 15 is 0 Å². The average Bonchev–Trinajstić information content (AvgIpc) is 2.99. The smallest absolute Gasteiger partial charge is 0.222 e. The van der Waals surface area contributed by atoms with Crippen molar-refractivity contribution >= 4 is 28.5 Å². The molecule has 1 aliphatic heterocycles. The fraction of sp³-hybridized carbons (Fsp3) is 0.400. The Morgan fingerprint density at radius 2 is 2.21 bits per heavy atom. The van der Waals surface area contributed by atoms with Gasteiger partial charge in [-0.1, -0.05) is 18.2 Å². The number of benzene rings is 1. The van der Waals surface area contributed by atoms with Crippen molar-refractivity contribution in [3.05, 3.63) is 36.1 Å². The van der Waals surface area contributed by atoms with Crippen LogP contribution in [0.1, 0.15) is 12.2 Å². The predicted molar refractivity (Wildman–Crippen MR) is 75.3 cm³/mol. The van der Waals surface area contributed by atoms with Gasteiger partial charge in [-0.05, 0) is 18.1 Å². The van der Waals surface area contributed by atoms with Crippen LogP contribution in [0.4, 0.5) is 0 Å². The first-order chi connectivity index (χ1) is 9.26. The predicted octanol–water partition coefficient (Wildman–Crippen LogP) is 3.06. The molecule has 1 amide bonds. The third-order valence-electron chi connectivity index (χ3n) is 3.62. The Morgan fingerprint density at radius 3 is 2.95 bits per heavy atom. The van der Waals surface area contributed by atoms with Crippen molar-refractivity contribution in [3.63, 3.8) is 0 Å². The van der Waals surface area contributed by atoms with E-state index in [9.17, 15) is 4.79 Å². The van der Waals surface area contributed by atoms with Crippen molar-refractivity contribution in [3.8, 4) is 0 Å². The van der Waals surface area contributed by atoms with E-state index in [1.807, 2.05) is 29.2 Å². The maximum Gasteiger partial charge on any atom is 0.222 e. The van der Waals surface area contributed by atoms with Crippen LogP contribution in [0.15, 0.2) is 34.7 Å². The van der Waals surface area contributed by atoms with Crippen molar-refractivity contribution in [2.24, 2.45) is 5.92 Å². The largest absolute Gasteiger partial charge is 0.461 e. The van der Waals surface area contributed by atoms with Gasteiger partial charge < -0.3 is 9.32 Å². The summed E-state index contributed by atoms with van der Waals surface area (Å²) in [4.78, 5) is 13.7. The SMILES string of the molecule is O=C1CC(CCl)CN1CCc1cc2ccccc2o1. The minimum absolute atomic E-state index is 0.210. The molecule has 3 nitrogen and oxygen atoms in total. The first kappa shape index (κ1) is 12.5. The summed E-state index contributed by atoms with van der Waals surface area (Å²) in [6.07, 6.45) is 1.35. The fourth-order valence-corrected chi connectivity index (χ4v) is 2.79. The molecule has 1 saturated heterocycles. The zero-order chi connectivity index (χ0) is 13.2. The first-order valence-corrected chi connectivity index (χ1v) is 7.11. The van der Waals surface area contributed by atoms with E-state index in [-0.39, 0.29) is 5.91 Å². The van der Waals surface area contributed by atoms with Gasteiger partial charge in [-0.25, -0.2) is 0 Å². The Bertz CT molecular complexity index is 560. The molecular formula is C15H16ClNO2. The molecule has 1 fully saturated rings. The van der Waals surface area contributed by atoms with Crippen LogP contribution in [0.2, 0.25) is 0 Å². The number of para-hydroxylation sites is 1. The Morgan fingerprint density at radius 1 is 1.37 bits per heavy atom. The van der Waals surface area contributed by atoms with E-state index in [4.69, 9.17) is 16.0 Å². The van der Waals surface area contributed by atoms with Gasteiger partial charge in [0.25, 0.3) is 0 Å². The van der Waals surface area contributed by atoms with Crippen LogP contribution in [0.25, 0.3) is 11.0 Å². The number of carbonyl (C=O) groups excluding carboxylic acids is 1. The molecule has 0 aliphatic carbocycles. The van der Waals surface area contributed by atoms with Crippen LogP contribution in [-0.2, 0) is 11.2 Å². The molecule has 0 N–H and O–H groups in total. The van der Waals surface area contributed by atoms with Gasteiger partial charge in [0.15, 0.2) is 0 Å². The maximum atomic E-state index is 11.8. The Labute approximate surface area is 117 Å². The van der Waals surface area contributed by atoms with Crippen molar-refractivity contribution in [1.82, 2.24) is 4.90 Å². The van der Waals surface area contributed by atoms with E-state index in [0.29, 0.717) is 24.8 Å². The van der Waals surface area contributed by atoms with Gasteiger partial charge in [0.1, 0.15) is 11.3 Å². The number of likely N-dealkylation sites (tertiary alicyclic amines) is 1. The lowest BCUT2D eigenvalue weighted by molar-refractivity contribution is -0.127. The number of amides is 1. The summed E-state index contributed by atoms with van der Waals surface area (Å²) in [7, 11) is 0. The zero-order valence-electron chi connectivity index (χ0n) is 10.6. The first-order valence-electron chi connectivity index (χ1n) is 6.57. The third-order valence-corrected chi connectivity index (χ3v) is 4.05. The average molecular weight is 278 g/mol. The van der Waals surface area contributed by atoms with Crippen LogP contribution >= 0.6 is 11.6 Å². The number of carbonyl (C=O) groups is 1. The molecule has 1 atom stereocenters. The second-order valence-electron chi connectivity index (χ2n) is 5.06. The minimum Gasteiger partial charge on any atom is -0.461 e. The van der Waals surface area contributed by atoms with E-state index in [1.165, 1.54) is 0 Å². The molecule has 1 aromatic carbocycles. The monoisotopic (exact) mass is 277 g/mol. The molecule has 0 radical (unpaired) electrons. The van der Waals surface area contributed by atoms with E-state index in [1.54, 1.807) is 0 Å². The number of alkyl halides is 1. The fourth-order valence-electron chi connectivity index (χ4n) is 2.58. The summed E-state index contributed by atoms with van der Waals surface area (Å²) in [6, 6.07) is 10.0. The lowest BCUT2D eigenvalue weighted by Gasteiger charge is -2.15. The van der Waals surface area contributed by atoms with Crippen LogP contribution < -0.4 is 0 Å². The molecule has 2 heterocycles. The van der Waals surface area contributed by atoms with Gasteiger partial charge in [0.2, 0.25) is 5.91 Å². The van der Waals surface area contributed by atoms with E-state index < -0.39 is 0 Å². The Balaban J connectivity index is 1.64. The molecule has 19 heavy (non-hydrogen) atoms. The van der Waals surface area contributed by atoms with Crippen LogP contribution in [0.5, 0.6) is 0 Å². The Kier molecular flexibility index (Phi) is 3.47. The van der Waals surface area contributed by atoms with Gasteiger partial charge in [-0.15, -0.1) is 11.6 Å². The molecule has 1 unspecified atom stereocenters. The molecule has 0 spiro atoms.